The number of amides is 3. The number of carbonyl (C=O) groups is 3. The highest BCUT2D eigenvalue weighted by atomic mass is 19.1. The van der Waals surface area contributed by atoms with Gasteiger partial charge in [0.2, 0.25) is 5.91 Å². The zero-order valence-corrected chi connectivity index (χ0v) is 26.0. The molecule has 2 aromatic carbocycles. The first kappa shape index (κ1) is 30.5. The number of pyridine rings is 1. The Labute approximate surface area is 262 Å². The van der Waals surface area contributed by atoms with Crippen LogP contribution >= 0.6 is 0 Å². The summed E-state index contributed by atoms with van der Waals surface area (Å²) in [5.74, 6) is 0.164. The first-order chi connectivity index (χ1) is 21.4. The summed E-state index contributed by atoms with van der Waals surface area (Å²) in [5, 5.41) is 9.91. The lowest BCUT2D eigenvalue weighted by atomic mass is 9.88. The Hall–Kier alpha value is -4.51. The van der Waals surface area contributed by atoms with Crippen LogP contribution < -0.4 is 9.64 Å². The third-order valence-corrected chi connectivity index (χ3v) is 9.27. The van der Waals surface area contributed by atoms with E-state index in [1.165, 1.54) is 17.0 Å². The van der Waals surface area contributed by atoms with Crippen LogP contribution in [0.3, 0.4) is 0 Å². The molecule has 11 heteroatoms. The molecule has 1 N–H and O–H groups in total. The van der Waals surface area contributed by atoms with Gasteiger partial charge in [0.25, 0.3) is 5.91 Å². The number of methoxy groups -OCH3 is 1. The van der Waals surface area contributed by atoms with Crippen LogP contribution in [-0.4, -0.2) is 94.6 Å². The smallest absolute Gasteiger partial charge is 0.407 e. The van der Waals surface area contributed by atoms with Crippen molar-refractivity contribution in [3.8, 4) is 5.75 Å². The Bertz CT molecular complexity index is 1640. The monoisotopic (exact) mass is 615 g/mol. The lowest BCUT2D eigenvalue weighted by Crippen LogP contribution is -2.63. The van der Waals surface area contributed by atoms with Gasteiger partial charge in [0, 0.05) is 79.7 Å². The summed E-state index contributed by atoms with van der Waals surface area (Å²) in [6, 6.07) is 12.9. The Morgan fingerprint density at radius 3 is 2.58 bits per heavy atom. The molecular formula is C34H38FN5O5. The number of benzene rings is 2. The number of hydrogen-bond acceptors (Lipinski definition) is 6. The van der Waals surface area contributed by atoms with Gasteiger partial charge in [-0.05, 0) is 54.4 Å². The zero-order valence-electron chi connectivity index (χ0n) is 26.0. The van der Waals surface area contributed by atoms with Crippen LogP contribution in [-0.2, 0) is 23.2 Å². The van der Waals surface area contributed by atoms with E-state index in [1.807, 2.05) is 30.2 Å². The molecule has 1 fully saturated rings. The van der Waals surface area contributed by atoms with Gasteiger partial charge >= 0.3 is 6.09 Å². The predicted molar refractivity (Wildman–Crippen MR) is 166 cm³/mol. The summed E-state index contributed by atoms with van der Waals surface area (Å²) in [6.45, 7) is 7.80. The van der Waals surface area contributed by atoms with Crippen LogP contribution in [0.1, 0.15) is 53.5 Å². The summed E-state index contributed by atoms with van der Waals surface area (Å²) >= 11 is 0. The first-order valence-corrected chi connectivity index (χ1v) is 15.2. The van der Waals surface area contributed by atoms with E-state index in [9.17, 15) is 23.9 Å². The minimum atomic E-state index is -1.02. The van der Waals surface area contributed by atoms with E-state index < -0.39 is 6.09 Å². The molecule has 0 spiro atoms. The normalized spacial score (nSPS) is 20.7. The maximum Gasteiger partial charge on any atom is 0.407 e. The summed E-state index contributed by atoms with van der Waals surface area (Å²) in [5.41, 5.74) is 4.65. The molecule has 3 amide bonds. The molecule has 0 aliphatic carbocycles. The number of anilines is 1. The lowest BCUT2D eigenvalue weighted by molar-refractivity contribution is -0.121. The van der Waals surface area contributed by atoms with Crippen LogP contribution in [0.15, 0.2) is 54.7 Å². The molecule has 45 heavy (non-hydrogen) atoms. The van der Waals surface area contributed by atoms with Crippen LogP contribution in [0.25, 0.3) is 0 Å². The molecule has 236 valence electrons. The summed E-state index contributed by atoms with van der Waals surface area (Å²) < 4.78 is 18.8. The van der Waals surface area contributed by atoms with Crippen molar-refractivity contribution in [1.82, 2.24) is 19.7 Å². The Morgan fingerprint density at radius 1 is 1.11 bits per heavy atom. The number of carbonyl (C=O) groups excluding carboxylic acids is 2. The van der Waals surface area contributed by atoms with Crippen LogP contribution in [0, 0.1) is 5.82 Å². The maximum absolute atomic E-state index is 14.1. The van der Waals surface area contributed by atoms with Crippen molar-refractivity contribution in [1.29, 1.82) is 0 Å². The van der Waals surface area contributed by atoms with Gasteiger partial charge in [0.1, 0.15) is 11.6 Å². The number of fused-ring (bicyclic) bond motifs is 2. The largest absolute Gasteiger partial charge is 0.497 e. The second-order valence-electron chi connectivity index (χ2n) is 12.9. The van der Waals surface area contributed by atoms with Crippen molar-refractivity contribution in [3.63, 3.8) is 0 Å². The van der Waals surface area contributed by atoms with Crippen molar-refractivity contribution < 1.29 is 28.6 Å². The average Bonchev–Trinajstić information content (AvgIpc) is 3.46. The topological polar surface area (TPSA) is 107 Å². The third kappa shape index (κ3) is 5.96. The molecule has 10 nitrogen and oxygen atoms in total. The summed E-state index contributed by atoms with van der Waals surface area (Å²) in [4.78, 5) is 51.1. The second kappa shape index (κ2) is 11.8. The minimum absolute atomic E-state index is 0.0798. The molecule has 6 rings (SSSR count). The van der Waals surface area contributed by atoms with Crippen molar-refractivity contribution in [2.45, 2.75) is 51.2 Å². The van der Waals surface area contributed by atoms with E-state index in [4.69, 9.17) is 4.74 Å². The zero-order chi connectivity index (χ0) is 32.0. The molecule has 3 aliphatic rings. The highest BCUT2D eigenvalue weighted by molar-refractivity contribution is 5.99. The number of ether oxygens (including phenoxy) is 1. The Balaban J connectivity index is 1.22. The fraction of sp³-hybridized carbons (Fsp3) is 0.412. The van der Waals surface area contributed by atoms with Gasteiger partial charge < -0.3 is 24.5 Å². The van der Waals surface area contributed by atoms with Crippen LogP contribution in [0.5, 0.6) is 5.75 Å². The number of aromatic nitrogens is 1. The minimum Gasteiger partial charge on any atom is -0.497 e. The predicted octanol–water partition coefficient (Wildman–Crippen LogP) is 4.15. The van der Waals surface area contributed by atoms with Gasteiger partial charge in [0.15, 0.2) is 0 Å². The number of rotatable bonds is 7. The molecule has 2 atom stereocenters. The van der Waals surface area contributed by atoms with E-state index >= 15 is 0 Å². The van der Waals surface area contributed by atoms with Gasteiger partial charge in [-0.3, -0.25) is 19.5 Å². The van der Waals surface area contributed by atoms with Crippen molar-refractivity contribution in [2.24, 2.45) is 0 Å². The van der Waals surface area contributed by atoms with E-state index in [0.29, 0.717) is 37.4 Å². The fourth-order valence-electron chi connectivity index (χ4n) is 6.82. The Kier molecular flexibility index (Phi) is 7.98. The molecular weight excluding hydrogens is 577 g/mol. The van der Waals surface area contributed by atoms with Gasteiger partial charge in [-0.1, -0.05) is 26.0 Å². The average molecular weight is 616 g/mol. The number of hydrogen-bond donors (Lipinski definition) is 1. The first-order valence-electron chi connectivity index (χ1n) is 15.2. The standard InChI is InChI=1S/C34H38FN5O5/c1-21-15-37(26(18-39(21)33(43)44)17-38-16-23-12-27(45-4)9-10-28(23)32(38)42)19-31(41)40-20-34(2,3)29-14-36-25(13-30(29)40)11-22-5-7-24(35)8-6-22/h5-10,12-14,21,26H,11,15-20H2,1-4H3,(H,43,44)/t21-,26+/m1/s1. The maximum atomic E-state index is 14.1. The highest BCUT2D eigenvalue weighted by Crippen LogP contribution is 2.41. The van der Waals surface area contributed by atoms with E-state index in [2.05, 4.69) is 18.8 Å². The molecule has 0 saturated carbocycles. The molecule has 1 saturated heterocycles. The SMILES string of the molecule is COc1ccc2c(c1)CN(C[C@H]1CN(C(=O)O)[C@H](C)CN1CC(=O)N1CC(C)(C)c3cnc(Cc4ccc(F)cc4)cc31)C2=O. The van der Waals surface area contributed by atoms with Crippen molar-refractivity contribution >= 4 is 23.6 Å². The molecule has 3 aliphatic heterocycles. The third-order valence-electron chi connectivity index (χ3n) is 9.27. The Morgan fingerprint density at radius 2 is 1.87 bits per heavy atom. The number of carboxylic acid groups (broad SMARTS) is 1. The van der Waals surface area contributed by atoms with E-state index in [1.54, 1.807) is 41.2 Å². The van der Waals surface area contributed by atoms with Gasteiger partial charge in [-0.25, -0.2) is 9.18 Å². The van der Waals surface area contributed by atoms with Crippen molar-refractivity contribution in [2.75, 3.05) is 44.7 Å². The molecule has 3 aromatic rings. The van der Waals surface area contributed by atoms with Gasteiger partial charge in [0.05, 0.1) is 19.3 Å². The molecule has 4 heterocycles. The molecule has 0 bridgehead atoms. The van der Waals surface area contributed by atoms with Gasteiger partial charge in [-0.2, -0.15) is 0 Å². The number of piperazine rings is 1. The lowest BCUT2D eigenvalue weighted by Gasteiger charge is -2.45. The number of nitrogens with zero attached hydrogens (tertiary/aromatic N) is 5. The molecule has 0 radical (unpaired) electrons. The number of halogens is 1. The quantitative estimate of drug-likeness (QED) is 0.426. The molecule has 1 aromatic heterocycles. The van der Waals surface area contributed by atoms with Crippen LogP contribution in [0.4, 0.5) is 14.9 Å². The summed E-state index contributed by atoms with van der Waals surface area (Å²) in [7, 11) is 1.58. The van der Waals surface area contributed by atoms with Crippen molar-refractivity contribution in [3.05, 3.63) is 88.5 Å². The fourth-order valence-corrected chi connectivity index (χ4v) is 6.82. The highest BCUT2D eigenvalue weighted by Gasteiger charge is 2.42. The van der Waals surface area contributed by atoms with E-state index in [-0.39, 0.29) is 54.8 Å². The van der Waals surface area contributed by atoms with E-state index in [0.717, 1.165) is 28.1 Å². The molecule has 0 unspecified atom stereocenters. The van der Waals surface area contributed by atoms with Crippen LogP contribution in [0.2, 0.25) is 0 Å². The van der Waals surface area contributed by atoms with Gasteiger partial charge in [-0.15, -0.1) is 0 Å². The second-order valence-corrected chi connectivity index (χ2v) is 12.9. The summed E-state index contributed by atoms with van der Waals surface area (Å²) in [6.07, 6.45) is 1.32.